The summed E-state index contributed by atoms with van der Waals surface area (Å²) in [6.07, 6.45) is 0.0202. The van der Waals surface area contributed by atoms with E-state index in [1.165, 1.54) is 0 Å². The number of nitrogens with one attached hydrogen (secondary N) is 1. The van der Waals surface area contributed by atoms with E-state index >= 15 is 0 Å². The van der Waals surface area contributed by atoms with Gasteiger partial charge in [-0.3, -0.25) is 0 Å². The summed E-state index contributed by atoms with van der Waals surface area (Å²) in [5, 5.41) is 2.92. The SMILES string of the molecule is CC(C)C1CNCC(F)(F)CC1C(C)(C)C. The van der Waals surface area contributed by atoms with Crippen LogP contribution in [0.4, 0.5) is 8.78 Å². The van der Waals surface area contributed by atoms with E-state index in [0.29, 0.717) is 11.8 Å². The fraction of sp³-hybridized carbons (Fsp3) is 1.00. The zero-order chi connectivity index (χ0) is 12.6. The molecule has 1 rings (SSSR count). The van der Waals surface area contributed by atoms with E-state index in [2.05, 4.69) is 39.9 Å². The molecule has 0 radical (unpaired) electrons. The second kappa shape index (κ2) is 4.59. The Kier molecular flexibility index (Phi) is 3.99. The molecule has 2 unspecified atom stereocenters. The zero-order valence-corrected chi connectivity index (χ0v) is 11.1. The van der Waals surface area contributed by atoms with Gasteiger partial charge in [-0.1, -0.05) is 34.6 Å². The van der Waals surface area contributed by atoms with Crippen molar-refractivity contribution in [1.82, 2.24) is 5.32 Å². The molecule has 0 saturated carbocycles. The minimum absolute atomic E-state index is 0.0202. The van der Waals surface area contributed by atoms with Crippen molar-refractivity contribution < 1.29 is 8.78 Å². The summed E-state index contributed by atoms with van der Waals surface area (Å²) in [7, 11) is 0. The highest BCUT2D eigenvalue weighted by molar-refractivity contribution is 4.91. The Labute approximate surface area is 98.0 Å². The van der Waals surface area contributed by atoms with Gasteiger partial charge >= 0.3 is 0 Å². The molecule has 0 aromatic rings. The number of hydrogen-bond donors (Lipinski definition) is 1. The van der Waals surface area contributed by atoms with Gasteiger partial charge in [-0.25, -0.2) is 8.78 Å². The van der Waals surface area contributed by atoms with E-state index in [9.17, 15) is 8.78 Å². The Bertz CT molecular complexity index is 231. The van der Waals surface area contributed by atoms with Crippen molar-refractivity contribution in [3.05, 3.63) is 0 Å². The predicted octanol–water partition coefficient (Wildman–Crippen LogP) is 3.55. The van der Waals surface area contributed by atoms with Crippen molar-refractivity contribution in [2.75, 3.05) is 13.1 Å². The summed E-state index contributed by atoms with van der Waals surface area (Å²) in [5.41, 5.74) is -0.0512. The van der Waals surface area contributed by atoms with E-state index in [-0.39, 0.29) is 24.3 Å². The van der Waals surface area contributed by atoms with Gasteiger partial charge in [0.15, 0.2) is 0 Å². The van der Waals surface area contributed by atoms with E-state index in [1.54, 1.807) is 0 Å². The summed E-state index contributed by atoms with van der Waals surface area (Å²) in [5.74, 6) is -1.68. The van der Waals surface area contributed by atoms with Gasteiger partial charge in [0, 0.05) is 6.42 Å². The molecule has 1 aliphatic heterocycles. The standard InChI is InChI=1S/C13H25F2N/c1-9(2)10-7-16-8-13(14,15)6-11(10)12(3,4)5/h9-11,16H,6-8H2,1-5H3. The number of rotatable bonds is 1. The van der Waals surface area contributed by atoms with E-state index < -0.39 is 5.92 Å². The summed E-state index contributed by atoms with van der Waals surface area (Å²) < 4.78 is 27.2. The molecule has 1 heterocycles. The molecule has 0 aromatic heterocycles. The molecule has 1 N–H and O–H groups in total. The average Bonchev–Trinajstić information content (AvgIpc) is 2.22. The Morgan fingerprint density at radius 3 is 2.25 bits per heavy atom. The quantitative estimate of drug-likeness (QED) is 0.730. The maximum absolute atomic E-state index is 13.6. The first kappa shape index (κ1) is 13.9. The van der Waals surface area contributed by atoms with Crippen LogP contribution in [0.15, 0.2) is 0 Å². The third kappa shape index (κ3) is 3.41. The number of alkyl halides is 2. The predicted molar refractivity (Wildman–Crippen MR) is 63.7 cm³/mol. The van der Waals surface area contributed by atoms with Gasteiger partial charge in [0.25, 0.3) is 5.92 Å². The van der Waals surface area contributed by atoms with Crippen molar-refractivity contribution in [3.63, 3.8) is 0 Å². The fourth-order valence-corrected chi connectivity index (χ4v) is 2.76. The fourth-order valence-electron chi connectivity index (χ4n) is 2.76. The van der Waals surface area contributed by atoms with Crippen LogP contribution in [0.25, 0.3) is 0 Å². The summed E-state index contributed by atoms with van der Waals surface area (Å²) in [6, 6.07) is 0. The van der Waals surface area contributed by atoms with Gasteiger partial charge in [-0.2, -0.15) is 0 Å². The molecule has 0 aromatic carbocycles. The third-order valence-corrected chi connectivity index (χ3v) is 3.77. The van der Waals surface area contributed by atoms with Crippen LogP contribution in [0.5, 0.6) is 0 Å². The normalized spacial score (nSPS) is 31.5. The zero-order valence-electron chi connectivity index (χ0n) is 11.1. The lowest BCUT2D eigenvalue weighted by Crippen LogP contribution is -2.36. The molecule has 2 atom stereocenters. The molecule has 1 aliphatic rings. The smallest absolute Gasteiger partial charge is 0.260 e. The monoisotopic (exact) mass is 233 g/mol. The topological polar surface area (TPSA) is 12.0 Å². The molecular weight excluding hydrogens is 208 g/mol. The lowest BCUT2D eigenvalue weighted by Gasteiger charge is -2.38. The maximum atomic E-state index is 13.6. The van der Waals surface area contributed by atoms with Crippen LogP contribution in [0.2, 0.25) is 0 Å². The van der Waals surface area contributed by atoms with Gasteiger partial charge in [0.1, 0.15) is 0 Å². The van der Waals surface area contributed by atoms with E-state index in [4.69, 9.17) is 0 Å². The Balaban J connectivity index is 2.92. The van der Waals surface area contributed by atoms with E-state index in [0.717, 1.165) is 6.54 Å². The molecule has 0 aliphatic carbocycles. The van der Waals surface area contributed by atoms with Crippen LogP contribution in [0.1, 0.15) is 41.0 Å². The van der Waals surface area contributed by atoms with Gasteiger partial charge in [0.05, 0.1) is 6.54 Å². The average molecular weight is 233 g/mol. The van der Waals surface area contributed by atoms with Crippen LogP contribution in [-0.2, 0) is 0 Å². The highest BCUT2D eigenvalue weighted by atomic mass is 19.3. The van der Waals surface area contributed by atoms with Crippen LogP contribution in [0.3, 0.4) is 0 Å². The molecule has 1 fully saturated rings. The first-order valence-electron chi connectivity index (χ1n) is 6.22. The Hall–Kier alpha value is -0.180. The van der Waals surface area contributed by atoms with E-state index in [1.807, 2.05) is 0 Å². The van der Waals surface area contributed by atoms with Gasteiger partial charge in [-0.15, -0.1) is 0 Å². The Morgan fingerprint density at radius 1 is 1.25 bits per heavy atom. The molecule has 96 valence electrons. The first-order chi connectivity index (χ1) is 7.13. The lowest BCUT2D eigenvalue weighted by molar-refractivity contribution is -0.0374. The van der Waals surface area contributed by atoms with Crippen LogP contribution in [0, 0.1) is 23.2 Å². The van der Waals surface area contributed by atoms with Gasteiger partial charge in [-0.05, 0) is 29.7 Å². The van der Waals surface area contributed by atoms with Crippen LogP contribution >= 0.6 is 0 Å². The number of hydrogen-bond acceptors (Lipinski definition) is 1. The molecule has 0 spiro atoms. The highest BCUT2D eigenvalue weighted by Gasteiger charge is 2.44. The van der Waals surface area contributed by atoms with Crippen molar-refractivity contribution in [3.8, 4) is 0 Å². The molecule has 1 saturated heterocycles. The first-order valence-corrected chi connectivity index (χ1v) is 6.22. The summed E-state index contributed by atoms with van der Waals surface area (Å²) in [4.78, 5) is 0. The van der Waals surface area contributed by atoms with Gasteiger partial charge < -0.3 is 5.32 Å². The molecule has 0 amide bonds. The molecular formula is C13H25F2N. The lowest BCUT2D eigenvalue weighted by atomic mass is 9.67. The highest BCUT2D eigenvalue weighted by Crippen LogP contribution is 2.43. The van der Waals surface area contributed by atoms with Crippen molar-refractivity contribution in [2.45, 2.75) is 47.0 Å². The Morgan fingerprint density at radius 2 is 1.81 bits per heavy atom. The number of halogens is 2. The second-order valence-electron chi connectivity index (χ2n) is 6.57. The summed E-state index contributed by atoms with van der Waals surface area (Å²) in [6.45, 7) is 11.1. The van der Waals surface area contributed by atoms with Crippen molar-refractivity contribution in [1.29, 1.82) is 0 Å². The molecule has 3 heteroatoms. The molecule has 0 bridgehead atoms. The summed E-state index contributed by atoms with van der Waals surface area (Å²) >= 11 is 0. The van der Waals surface area contributed by atoms with Crippen molar-refractivity contribution >= 4 is 0 Å². The molecule has 1 nitrogen and oxygen atoms in total. The van der Waals surface area contributed by atoms with Crippen molar-refractivity contribution in [2.24, 2.45) is 23.2 Å². The third-order valence-electron chi connectivity index (χ3n) is 3.77. The minimum atomic E-state index is -2.55. The minimum Gasteiger partial charge on any atom is -0.311 e. The van der Waals surface area contributed by atoms with Gasteiger partial charge in [0.2, 0.25) is 0 Å². The van der Waals surface area contributed by atoms with Crippen LogP contribution in [-0.4, -0.2) is 19.0 Å². The molecule has 16 heavy (non-hydrogen) atoms. The second-order valence-corrected chi connectivity index (χ2v) is 6.57. The van der Waals surface area contributed by atoms with Crippen LogP contribution < -0.4 is 5.32 Å². The largest absolute Gasteiger partial charge is 0.311 e. The maximum Gasteiger partial charge on any atom is 0.260 e.